The zero-order chi connectivity index (χ0) is 20.0. The first-order valence-corrected chi connectivity index (χ1v) is 9.34. The van der Waals surface area contributed by atoms with Crippen LogP contribution >= 0.6 is 15.9 Å². The van der Waals surface area contributed by atoms with Crippen LogP contribution in [0, 0.1) is 5.92 Å². The minimum atomic E-state index is -1.03. The van der Waals surface area contributed by atoms with E-state index in [1.807, 2.05) is 12.1 Å². The van der Waals surface area contributed by atoms with Crippen molar-refractivity contribution in [3.63, 3.8) is 0 Å². The summed E-state index contributed by atoms with van der Waals surface area (Å²) in [5.41, 5.74) is 1.11. The van der Waals surface area contributed by atoms with Gasteiger partial charge in [-0.1, -0.05) is 65.3 Å². The van der Waals surface area contributed by atoms with Crippen molar-refractivity contribution in [2.45, 2.75) is 19.4 Å². The molecule has 27 heavy (non-hydrogen) atoms. The Hall–Kier alpha value is -2.47. The van der Waals surface area contributed by atoms with Crippen LogP contribution in [-0.2, 0) is 14.3 Å². The predicted molar refractivity (Wildman–Crippen MR) is 106 cm³/mol. The van der Waals surface area contributed by atoms with Crippen LogP contribution in [0.1, 0.15) is 35.4 Å². The van der Waals surface area contributed by atoms with Gasteiger partial charge in [0.05, 0.1) is 5.92 Å². The van der Waals surface area contributed by atoms with E-state index < -0.39 is 18.0 Å². The van der Waals surface area contributed by atoms with Crippen molar-refractivity contribution < 1.29 is 19.1 Å². The molecule has 2 aromatic rings. The molecule has 0 aliphatic heterocycles. The van der Waals surface area contributed by atoms with Crippen molar-refractivity contribution >= 4 is 33.6 Å². The molecule has 0 aliphatic carbocycles. The SMILES string of the molecule is C[C@H](CC(=O)c1cccc(Br)c1)C(=O)O[C@H](C(=O)N(C)C)c1ccccc1. The van der Waals surface area contributed by atoms with Crippen LogP contribution in [0.25, 0.3) is 0 Å². The van der Waals surface area contributed by atoms with Gasteiger partial charge in [0.15, 0.2) is 5.78 Å². The van der Waals surface area contributed by atoms with Crippen LogP contribution in [-0.4, -0.2) is 36.7 Å². The zero-order valence-electron chi connectivity index (χ0n) is 15.5. The second-order valence-corrected chi connectivity index (χ2v) is 7.41. The largest absolute Gasteiger partial charge is 0.447 e. The lowest BCUT2D eigenvalue weighted by atomic mass is 9.99. The highest BCUT2D eigenvalue weighted by molar-refractivity contribution is 9.10. The molecule has 2 atom stereocenters. The summed E-state index contributed by atoms with van der Waals surface area (Å²) in [5, 5.41) is 0. The average molecular weight is 432 g/mol. The number of ketones is 1. The summed E-state index contributed by atoms with van der Waals surface area (Å²) >= 11 is 3.33. The Kier molecular flexibility index (Phi) is 7.30. The van der Waals surface area contributed by atoms with Gasteiger partial charge in [0.2, 0.25) is 6.10 Å². The Morgan fingerprint density at radius 1 is 1.04 bits per heavy atom. The van der Waals surface area contributed by atoms with Crippen molar-refractivity contribution in [2.24, 2.45) is 5.92 Å². The predicted octanol–water partition coefficient (Wildman–Crippen LogP) is 4.03. The van der Waals surface area contributed by atoms with E-state index in [0.717, 1.165) is 4.47 Å². The molecule has 2 rings (SSSR count). The number of amides is 1. The molecule has 0 heterocycles. The van der Waals surface area contributed by atoms with E-state index in [1.165, 1.54) is 4.90 Å². The van der Waals surface area contributed by atoms with Crippen LogP contribution in [0.15, 0.2) is 59.1 Å². The van der Waals surface area contributed by atoms with E-state index in [0.29, 0.717) is 11.1 Å². The standard InChI is InChI=1S/C21H22BrNO4/c1-14(12-18(24)16-10-7-11-17(22)13-16)21(26)27-19(20(25)23(2)3)15-8-5-4-6-9-15/h4-11,13-14,19H,12H2,1-3H3/t14-,19+/m1/s1. The summed E-state index contributed by atoms with van der Waals surface area (Å²) in [7, 11) is 3.21. The number of nitrogens with zero attached hydrogens (tertiary/aromatic N) is 1. The molecule has 0 unspecified atom stereocenters. The zero-order valence-corrected chi connectivity index (χ0v) is 17.1. The quantitative estimate of drug-likeness (QED) is 0.490. The van der Waals surface area contributed by atoms with Gasteiger partial charge < -0.3 is 9.64 Å². The average Bonchev–Trinajstić information content (AvgIpc) is 2.65. The molecule has 0 bridgehead atoms. The normalized spacial score (nSPS) is 12.7. The maximum absolute atomic E-state index is 12.5. The maximum Gasteiger partial charge on any atom is 0.310 e. The first kappa shape index (κ1) is 20.8. The number of carbonyl (C=O) groups excluding carboxylic acids is 3. The molecule has 0 aromatic heterocycles. The Balaban J connectivity index is 2.10. The molecule has 0 fully saturated rings. The number of likely N-dealkylation sites (N-methyl/N-ethyl adjacent to an activating group) is 1. The van der Waals surface area contributed by atoms with Gasteiger partial charge in [-0.25, -0.2) is 0 Å². The lowest BCUT2D eigenvalue weighted by Gasteiger charge is -2.22. The summed E-state index contributed by atoms with van der Waals surface area (Å²) < 4.78 is 6.29. The molecule has 0 N–H and O–H groups in total. The molecule has 142 valence electrons. The van der Waals surface area contributed by atoms with Gasteiger partial charge in [0.1, 0.15) is 0 Å². The summed E-state index contributed by atoms with van der Waals surface area (Å²) in [4.78, 5) is 38.8. The minimum Gasteiger partial charge on any atom is -0.447 e. The van der Waals surface area contributed by atoms with E-state index in [1.54, 1.807) is 63.5 Å². The van der Waals surface area contributed by atoms with Gasteiger partial charge in [-0.2, -0.15) is 0 Å². The fourth-order valence-electron chi connectivity index (χ4n) is 2.50. The first-order chi connectivity index (χ1) is 12.8. The van der Waals surface area contributed by atoms with Crippen molar-refractivity contribution in [3.8, 4) is 0 Å². The van der Waals surface area contributed by atoms with Crippen molar-refractivity contribution in [1.29, 1.82) is 0 Å². The van der Waals surface area contributed by atoms with Gasteiger partial charge >= 0.3 is 5.97 Å². The van der Waals surface area contributed by atoms with Gasteiger partial charge in [-0.15, -0.1) is 0 Å². The topological polar surface area (TPSA) is 63.7 Å². The van der Waals surface area contributed by atoms with Crippen LogP contribution in [0.4, 0.5) is 0 Å². The van der Waals surface area contributed by atoms with Crippen molar-refractivity contribution in [2.75, 3.05) is 14.1 Å². The van der Waals surface area contributed by atoms with Crippen LogP contribution in [0.2, 0.25) is 0 Å². The highest BCUT2D eigenvalue weighted by Crippen LogP contribution is 2.23. The summed E-state index contributed by atoms with van der Waals surface area (Å²) in [6.45, 7) is 1.63. The van der Waals surface area contributed by atoms with Gasteiger partial charge in [-0.3, -0.25) is 14.4 Å². The Morgan fingerprint density at radius 2 is 1.70 bits per heavy atom. The third-order valence-corrected chi connectivity index (χ3v) is 4.54. The number of benzene rings is 2. The number of carbonyl (C=O) groups is 3. The molecular weight excluding hydrogens is 410 g/mol. The van der Waals surface area contributed by atoms with Crippen LogP contribution < -0.4 is 0 Å². The van der Waals surface area contributed by atoms with Gasteiger partial charge in [0.25, 0.3) is 5.91 Å². The summed E-state index contributed by atoms with van der Waals surface area (Å²) in [5.74, 6) is -1.74. The second-order valence-electron chi connectivity index (χ2n) is 6.50. The van der Waals surface area contributed by atoms with Crippen molar-refractivity contribution in [1.82, 2.24) is 4.90 Å². The molecule has 0 saturated carbocycles. The van der Waals surface area contributed by atoms with Crippen molar-refractivity contribution in [3.05, 3.63) is 70.2 Å². The maximum atomic E-state index is 12.5. The number of rotatable bonds is 7. The van der Waals surface area contributed by atoms with E-state index in [9.17, 15) is 14.4 Å². The lowest BCUT2D eigenvalue weighted by molar-refractivity contribution is -0.162. The molecular formula is C21H22BrNO4. The summed E-state index contributed by atoms with van der Waals surface area (Å²) in [6, 6.07) is 15.8. The van der Waals surface area contributed by atoms with E-state index in [2.05, 4.69) is 15.9 Å². The second kappa shape index (κ2) is 9.46. The molecule has 1 amide bonds. The van der Waals surface area contributed by atoms with E-state index in [-0.39, 0.29) is 18.1 Å². The number of hydrogen-bond donors (Lipinski definition) is 0. The van der Waals surface area contributed by atoms with E-state index >= 15 is 0 Å². The highest BCUT2D eigenvalue weighted by atomic mass is 79.9. The molecule has 0 spiro atoms. The highest BCUT2D eigenvalue weighted by Gasteiger charge is 2.29. The molecule has 0 aliphatic rings. The van der Waals surface area contributed by atoms with Crippen LogP contribution in [0.3, 0.4) is 0 Å². The Bertz CT molecular complexity index is 820. The molecule has 0 saturated heterocycles. The molecule has 5 nitrogen and oxygen atoms in total. The third kappa shape index (κ3) is 5.76. The van der Waals surface area contributed by atoms with Gasteiger partial charge in [-0.05, 0) is 12.1 Å². The fraction of sp³-hybridized carbons (Fsp3) is 0.286. The number of esters is 1. The first-order valence-electron chi connectivity index (χ1n) is 8.55. The number of Topliss-reactive ketones (excluding diaryl/α,β-unsaturated/α-hetero) is 1. The van der Waals surface area contributed by atoms with E-state index in [4.69, 9.17) is 4.74 Å². The lowest BCUT2D eigenvalue weighted by Crippen LogP contribution is -2.32. The number of halogens is 1. The third-order valence-electron chi connectivity index (χ3n) is 4.04. The number of ether oxygens (including phenoxy) is 1. The molecule has 0 radical (unpaired) electrons. The number of hydrogen-bond acceptors (Lipinski definition) is 4. The smallest absolute Gasteiger partial charge is 0.310 e. The minimum absolute atomic E-state index is 0.00690. The molecule has 6 heteroatoms. The summed E-state index contributed by atoms with van der Waals surface area (Å²) in [6.07, 6.45) is -1.02. The Morgan fingerprint density at radius 3 is 2.30 bits per heavy atom. The Labute approximate surface area is 167 Å². The van der Waals surface area contributed by atoms with Crippen LogP contribution in [0.5, 0.6) is 0 Å². The molecule has 2 aromatic carbocycles. The van der Waals surface area contributed by atoms with Gasteiger partial charge in [0, 0.05) is 36.1 Å². The fourth-order valence-corrected chi connectivity index (χ4v) is 2.90. The monoisotopic (exact) mass is 431 g/mol.